The van der Waals surface area contributed by atoms with Crippen molar-refractivity contribution in [1.82, 2.24) is 0 Å². The maximum absolute atomic E-state index is 9.78. The number of rotatable bonds is 5. The molecule has 0 aliphatic rings. The van der Waals surface area contributed by atoms with Crippen LogP contribution in [-0.2, 0) is 0 Å². The maximum atomic E-state index is 9.78. The lowest BCUT2D eigenvalue weighted by atomic mass is 10.1. The van der Waals surface area contributed by atoms with Gasteiger partial charge in [0.25, 0.3) is 0 Å². The van der Waals surface area contributed by atoms with Crippen LogP contribution in [0.3, 0.4) is 0 Å². The molecule has 0 aromatic heterocycles. The minimum Gasteiger partial charge on any atom is -0.494 e. The number of nitriles is 1. The molecule has 4 heteroatoms. The summed E-state index contributed by atoms with van der Waals surface area (Å²) >= 11 is 0. The molecular formula is C17H17NO3. The number of ether oxygens (including phenoxy) is 2. The molecule has 0 saturated carbocycles. The maximum Gasteiger partial charge on any atom is 0.134 e. The van der Waals surface area contributed by atoms with Crippen LogP contribution in [0.4, 0.5) is 0 Å². The zero-order valence-corrected chi connectivity index (χ0v) is 12.0. The Morgan fingerprint density at radius 3 is 2.38 bits per heavy atom. The third kappa shape index (κ3) is 3.74. The van der Waals surface area contributed by atoms with Crippen molar-refractivity contribution in [3.05, 3.63) is 53.6 Å². The van der Waals surface area contributed by atoms with Crippen molar-refractivity contribution in [3.8, 4) is 23.3 Å². The van der Waals surface area contributed by atoms with E-state index in [1.807, 2.05) is 19.1 Å². The first kappa shape index (κ1) is 14.9. The largest absolute Gasteiger partial charge is 0.494 e. The Hall–Kier alpha value is -2.51. The van der Waals surface area contributed by atoms with E-state index in [1.54, 1.807) is 37.3 Å². The zero-order chi connectivity index (χ0) is 15.2. The molecule has 21 heavy (non-hydrogen) atoms. The average molecular weight is 283 g/mol. The second-order valence-electron chi connectivity index (χ2n) is 4.55. The Labute approximate surface area is 124 Å². The predicted molar refractivity (Wildman–Crippen MR) is 79.5 cm³/mol. The number of nitrogens with zero attached hydrogens (tertiary/aromatic N) is 1. The first-order valence-electron chi connectivity index (χ1n) is 6.77. The van der Waals surface area contributed by atoms with Crippen molar-refractivity contribution < 1.29 is 14.6 Å². The molecule has 2 aromatic rings. The molecule has 0 amide bonds. The van der Waals surface area contributed by atoms with E-state index in [9.17, 15) is 5.11 Å². The van der Waals surface area contributed by atoms with Gasteiger partial charge in [0.05, 0.1) is 24.3 Å². The first-order valence-corrected chi connectivity index (χ1v) is 6.77. The van der Waals surface area contributed by atoms with Gasteiger partial charge in [-0.05, 0) is 50.2 Å². The zero-order valence-electron chi connectivity index (χ0n) is 12.0. The summed E-state index contributed by atoms with van der Waals surface area (Å²) in [5, 5.41) is 18.7. The summed E-state index contributed by atoms with van der Waals surface area (Å²) in [7, 11) is 0. The number of aliphatic hydroxyl groups is 1. The Morgan fingerprint density at radius 2 is 1.81 bits per heavy atom. The molecule has 0 fully saturated rings. The smallest absolute Gasteiger partial charge is 0.134 e. The van der Waals surface area contributed by atoms with Gasteiger partial charge in [0.1, 0.15) is 17.2 Å². The van der Waals surface area contributed by atoms with Gasteiger partial charge in [0.15, 0.2) is 0 Å². The minimum absolute atomic E-state index is 0.480. The Morgan fingerprint density at radius 1 is 1.14 bits per heavy atom. The van der Waals surface area contributed by atoms with Crippen LogP contribution >= 0.6 is 0 Å². The summed E-state index contributed by atoms with van der Waals surface area (Å²) < 4.78 is 11.2. The highest BCUT2D eigenvalue weighted by Gasteiger charge is 2.11. The second kappa shape index (κ2) is 6.78. The molecule has 0 radical (unpaired) electrons. The van der Waals surface area contributed by atoms with Gasteiger partial charge in [0.2, 0.25) is 0 Å². The lowest BCUT2D eigenvalue weighted by Crippen LogP contribution is -1.97. The average Bonchev–Trinajstić information content (AvgIpc) is 2.49. The van der Waals surface area contributed by atoms with Gasteiger partial charge in [-0.25, -0.2) is 0 Å². The molecule has 0 bridgehead atoms. The summed E-state index contributed by atoms with van der Waals surface area (Å²) in [6, 6.07) is 14.3. The van der Waals surface area contributed by atoms with Gasteiger partial charge in [0, 0.05) is 5.56 Å². The summed E-state index contributed by atoms with van der Waals surface area (Å²) in [4.78, 5) is 0. The molecule has 0 spiro atoms. The molecule has 0 heterocycles. The number of hydrogen-bond donors (Lipinski definition) is 1. The van der Waals surface area contributed by atoms with E-state index in [2.05, 4.69) is 6.07 Å². The van der Waals surface area contributed by atoms with Crippen LogP contribution in [0, 0.1) is 11.3 Å². The normalized spacial score (nSPS) is 11.5. The summed E-state index contributed by atoms with van der Waals surface area (Å²) in [5.74, 6) is 1.87. The number of hydrogen-bond acceptors (Lipinski definition) is 4. The highest BCUT2D eigenvalue weighted by atomic mass is 16.5. The van der Waals surface area contributed by atoms with Gasteiger partial charge in [-0.15, -0.1) is 0 Å². The van der Waals surface area contributed by atoms with Crippen LogP contribution in [0.5, 0.6) is 17.2 Å². The quantitative estimate of drug-likeness (QED) is 0.906. The van der Waals surface area contributed by atoms with E-state index in [0.717, 1.165) is 5.75 Å². The topological polar surface area (TPSA) is 62.5 Å². The molecule has 4 nitrogen and oxygen atoms in total. The Kier molecular flexibility index (Phi) is 4.81. The fourth-order valence-electron chi connectivity index (χ4n) is 1.93. The van der Waals surface area contributed by atoms with E-state index in [0.29, 0.717) is 29.2 Å². The highest BCUT2D eigenvalue weighted by Crippen LogP contribution is 2.31. The number of benzene rings is 2. The van der Waals surface area contributed by atoms with Crippen molar-refractivity contribution in [2.24, 2.45) is 0 Å². The third-order valence-corrected chi connectivity index (χ3v) is 2.96. The van der Waals surface area contributed by atoms with Crippen LogP contribution < -0.4 is 9.47 Å². The van der Waals surface area contributed by atoms with Crippen LogP contribution in [0.2, 0.25) is 0 Å². The van der Waals surface area contributed by atoms with Gasteiger partial charge in [-0.2, -0.15) is 5.26 Å². The van der Waals surface area contributed by atoms with Crippen LogP contribution in [0.15, 0.2) is 42.5 Å². The first-order chi connectivity index (χ1) is 10.1. The summed E-state index contributed by atoms with van der Waals surface area (Å²) in [6.07, 6.45) is -0.671. The Bertz CT molecular complexity index is 642. The van der Waals surface area contributed by atoms with Crippen molar-refractivity contribution in [3.63, 3.8) is 0 Å². The van der Waals surface area contributed by atoms with Gasteiger partial charge in [-0.3, -0.25) is 0 Å². The summed E-state index contributed by atoms with van der Waals surface area (Å²) in [6.45, 7) is 4.19. The van der Waals surface area contributed by atoms with E-state index in [4.69, 9.17) is 14.7 Å². The SMILES string of the molecule is CCOc1ccc(Oc2cc(C#N)ccc2C(C)O)cc1. The third-order valence-electron chi connectivity index (χ3n) is 2.96. The number of aliphatic hydroxyl groups excluding tert-OH is 1. The van der Waals surface area contributed by atoms with Crippen molar-refractivity contribution in [2.75, 3.05) is 6.61 Å². The summed E-state index contributed by atoms with van der Waals surface area (Å²) in [5.41, 5.74) is 1.13. The highest BCUT2D eigenvalue weighted by molar-refractivity contribution is 5.46. The molecule has 1 atom stereocenters. The molecule has 0 aliphatic carbocycles. The van der Waals surface area contributed by atoms with Crippen LogP contribution in [0.1, 0.15) is 31.1 Å². The van der Waals surface area contributed by atoms with E-state index in [1.165, 1.54) is 0 Å². The lowest BCUT2D eigenvalue weighted by Gasteiger charge is -2.14. The van der Waals surface area contributed by atoms with Crippen LogP contribution in [-0.4, -0.2) is 11.7 Å². The molecule has 2 rings (SSSR count). The van der Waals surface area contributed by atoms with Crippen molar-refractivity contribution in [1.29, 1.82) is 5.26 Å². The molecular weight excluding hydrogens is 266 g/mol. The molecule has 2 aromatic carbocycles. The molecule has 0 saturated heterocycles. The predicted octanol–water partition coefficient (Wildman–Crippen LogP) is 3.80. The van der Waals surface area contributed by atoms with Crippen molar-refractivity contribution >= 4 is 0 Å². The standard InChI is InChI=1S/C17H17NO3/c1-3-20-14-5-7-15(8-6-14)21-17-10-13(11-18)4-9-16(17)12(2)19/h4-10,12,19H,3H2,1-2H3. The molecule has 1 unspecified atom stereocenters. The monoisotopic (exact) mass is 283 g/mol. The van der Waals surface area contributed by atoms with Crippen molar-refractivity contribution in [2.45, 2.75) is 20.0 Å². The van der Waals surface area contributed by atoms with E-state index in [-0.39, 0.29) is 0 Å². The van der Waals surface area contributed by atoms with Gasteiger partial charge >= 0.3 is 0 Å². The van der Waals surface area contributed by atoms with E-state index >= 15 is 0 Å². The minimum atomic E-state index is -0.671. The fraction of sp³-hybridized carbons (Fsp3) is 0.235. The van der Waals surface area contributed by atoms with Gasteiger partial charge < -0.3 is 14.6 Å². The Balaban J connectivity index is 2.27. The fourth-order valence-corrected chi connectivity index (χ4v) is 1.93. The van der Waals surface area contributed by atoms with Crippen LogP contribution in [0.25, 0.3) is 0 Å². The van der Waals surface area contributed by atoms with Gasteiger partial charge in [-0.1, -0.05) is 6.07 Å². The second-order valence-corrected chi connectivity index (χ2v) is 4.55. The lowest BCUT2D eigenvalue weighted by molar-refractivity contribution is 0.195. The molecule has 108 valence electrons. The molecule has 1 N–H and O–H groups in total. The van der Waals surface area contributed by atoms with E-state index < -0.39 is 6.10 Å². The molecule has 0 aliphatic heterocycles.